The van der Waals surface area contributed by atoms with E-state index >= 15 is 0 Å². The number of aldehydes is 1. The Balaban J connectivity index is 2.96. The van der Waals surface area contributed by atoms with Gasteiger partial charge in [-0.05, 0) is 11.5 Å². The Morgan fingerprint density at radius 2 is 2.71 bits per heavy atom. The summed E-state index contributed by atoms with van der Waals surface area (Å²) in [6.45, 7) is 0. The molecule has 0 aromatic carbocycles. The SMILES string of the molecule is O=Cc1ncns1. The van der Waals surface area contributed by atoms with Crippen LogP contribution in [0.1, 0.15) is 9.80 Å². The summed E-state index contributed by atoms with van der Waals surface area (Å²) in [5, 5.41) is 0.431. The van der Waals surface area contributed by atoms with Crippen molar-refractivity contribution in [2.45, 2.75) is 0 Å². The first-order valence-electron chi connectivity index (χ1n) is 1.65. The van der Waals surface area contributed by atoms with Gasteiger partial charge in [0.25, 0.3) is 0 Å². The van der Waals surface area contributed by atoms with E-state index in [9.17, 15) is 4.79 Å². The van der Waals surface area contributed by atoms with Crippen LogP contribution in [0.25, 0.3) is 0 Å². The first kappa shape index (κ1) is 4.39. The van der Waals surface area contributed by atoms with Crippen LogP contribution in [-0.4, -0.2) is 15.6 Å². The zero-order valence-corrected chi connectivity index (χ0v) is 4.18. The minimum atomic E-state index is 0.431. The van der Waals surface area contributed by atoms with Crippen LogP contribution in [0.4, 0.5) is 0 Å². The van der Waals surface area contributed by atoms with Crippen molar-refractivity contribution in [3.05, 3.63) is 11.3 Å². The van der Waals surface area contributed by atoms with Gasteiger partial charge in [-0.2, -0.15) is 4.37 Å². The lowest BCUT2D eigenvalue weighted by atomic mass is 10.8. The van der Waals surface area contributed by atoms with E-state index in [4.69, 9.17) is 0 Å². The molecule has 0 saturated carbocycles. The van der Waals surface area contributed by atoms with E-state index in [0.717, 1.165) is 11.5 Å². The molecule has 0 unspecified atom stereocenters. The Morgan fingerprint density at radius 3 is 3.00 bits per heavy atom. The van der Waals surface area contributed by atoms with E-state index in [2.05, 4.69) is 9.36 Å². The van der Waals surface area contributed by atoms with Crippen molar-refractivity contribution in [2.75, 3.05) is 0 Å². The lowest BCUT2D eigenvalue weighted by Gasteiger charge is -1.62. The summed E-state index contributed by atoms with van der Waals surface area (Å²) in [5.74, 6) is 0. The smallest absolute Gasteiger partial charge is 0.180 e. The third-order valence-electron chi connectivity index (χ3n) is 0.479. The average Bonchev–Trinajstić information content (AvgIpc) is 2.14. The zero-order valence-electron chi connectivity index (χ0n) is 3.37. The Morgan fingerprint density at radius 1 is 1.86 bits per heavy atom. The average molecular weight is 114 g/mol. The molecule has 0 amide bonds. The van der Waals surface area contributed by atoms with E-state index in [0.29, 0.717) is 11.3 Å². The van der Waals surface area contributed by atoms with E-state index in [1.54, 1.807) is 0 Å². The third kappa shape index (κ3) is 0.806. The number of hydrogen-bond donors (Lipinski definition) is 0. The normalized spacial score (nSPS) is 8.57. The van der Waals surface area contributed by atoms with Gasteiger partial charge in [0.15, 0.2) is 11.3 Å². The van der Waals surface area contributed by atoms with Gasteiger partial charge in [0.05, 0.1) is 0 Å². The molecule has 0 atom stereocenters. The molecule has 1 rings (SSSR count). The second-order valence-corrected chi connectivity index (χ2v) is 1.71. The zero-order chi connectivity index (χ0) is 5.11. The number of rotatable bonds is 1. The Labute approximate surface area is 44.2 Å². The van der Waals surface area contributed by atoms with E-state index in [1.807, 2.05) is 0 Å². The number of aromatic nitrogens is 2. The summed E-state index contributed by atoms with van der Waals surface area (Å²) in [5.41, 5.74) is 0. The highest BCUT2D eigenvalue weighted by Crippen LogP contribution is 1.91. The van der Waals surface area contributed by atoms with Crippen LogP contribution in [0.15, 0.2) is 6.33 Å². The number of carbonyl (C=O) groups is 1. The van der Waals surface area contributed by atoms with Gasteiger partial charge in [-0.1, -0.05) is 0 Å². The highest BCUT2D eigenvalue weighted by molar-refractivity contribution is 7.07. The van der Waals surface area contributed by atoms with Crippen molar-refractivity contribution < 1.29 is 4.79 Å². The first-order chi connectivity index (χ1) is 3.43. The van der Waals surface area contributed by atoms with Crippen LogP contribution in [0.5, 0.6) is 0 Å². The Kier molecular flexibility index (Phi) is 1.12. The molecule has 0 radical (unpaired) electrons. The van der Waals surface area contributed by atoms with Gasteiger partial charge < -0.3 is 0 Å². The second kappa shape index (κ2) is 1.79. The molecule has 0 N–H and O–H groups in total. The number of carbonyl (C=O) groups excluding carboxylic acids is 1. The van der Waals surface area contributed by atoms with E-state index in [1.165, 1.54) is 6.33 Å². The van der Waals surface area contributed by atoms with Gasteiger partial charge in [-0.15, -0.1) is 0 Å². The van der Waals surface area contributed by atoms with Crippen LogP contribution in [0.3, 0.4) is 0 Å². The maximum atomic E-state index is 9.78. The molecule has 0 fully saturated rings. The molecule has 0 aliphatic heterocycles. The van der Waals surface area contributed by atoms with Gasteiger partial charge in [0.2, 0.25) is 0 Å². The van der Waals surface area contributed by atoms with Crippen LogP contribution in [0, 0.1) is 0 Å². The summed E-state index contributed by atoms with van der Waals surface area (Å²) in [6, 6.07) is 0. The molecule has 7 heavy (non-hydrogen) atoms. The lowest BCUT2D eigenvalue weighted by molar-refractivity contribution is 0.112. The van der Waals surface area contributed by atoms with Gasteiger partial charge in [-0.25, -0.2) is 4.98 Å². The molecule has 0 bridgehead atoms. The molecule has 4 heteroatoms. The molecular formula is C3H2N2OS. The van der Waals surface area contributed by atoms with Gasteiger partial charge in [0.1, 0.15) is 6.33 Å². The van der Waals surface area contributed by atoms with Gasteiger partial charge >= 0.3 is 0 Å². The fraction of sp³-hybridized carbons (Fsp3) is 0. The minimum absolute atomic E-state index is 0.431. The monoisotopic (exact) mass is 114 g/mol. The number of hydrogen-bond acceptors (Lipinski definition) is 4. The minimum Gasteiger partial charge on any atom is -0.295 e. The standard InChI is InChI=1S/C3H2N2OS/c6-1-3-4-2-5-7-3/h1-2H. The molecule has 1 heterocycles. The molecule has 0 aliphatic rings. The van der Waals surface area contributed by atoms with Gasteiger partial charge in [-0.3, -0.25) is 4.79 Å². The highest BCUT2D eigenvalue weighted by Gasteiger charge is 1.86. The molecule has 3 nitrogen and oxygen atoms in total. The molecule has 0 saturated heterocycles. The van der Waals surface area contributed by atoms with Gasteiger partial charge in [0, 0.05) is 0 Å². The van der Waals surface area contributed by atoms with Crippen molar-refractivity contribution in [1.82, 2.24) is 9.36 Å². The quantitative estimate of drug-likeness (QED) is 0.495. The third-order valence-corrected chi connectivity index (χ3v) is 1.07. The lowest BCUT2D eigenvalue weighted by Crippen LogP contribution is -1.69. The van der Waals surface area contributed by atoms with E-state index < -0.39 is 0 Å². The fourth-order valence-corrected chi connectivity index (χ4v) is 0.573. The topological polar surface area (TPSA) is 42.9 Å². The first-order valence-corrected chi connectivity index (χ1v) is 2.42. The predicted molar refractivity (Wildman–Crippen MR) is 25.3 cm³/mol. The van der Waals surface area contributed by atoms with Crippen LogP contribution >= 0.6 is 11.5 Å². The van der Waals surface area contributed by atoms with Crippen molar-refractivity contribution >= 4 is 17.8 Å². The van der Waals surface area contributed by atoms with Crippen LogP contribution in [-0.2, 0) is 0 Å². The highest BCUT2D eigenvalue weighted by atomic mass is 32.1. The molecule has 1 aromatic rings. The largest absolute Gasteiger partial charge is 0.295 e. The summed E-state index contributed by atoms with van der Waals surface area (Å²) < 4.78 is 3.59. The predicted octanol–water partition coefficient (Wildman–Crippen LogP) is 0.351. The van der Waals surface area contributed by atoms with Crippen LogP contribution in [0.2, 0.25) is 0 Å². The maximum absolute atomic E-state index is 9.78. The summed E-state index contributed by atoms with van der Waals surface area (Å²) in [7, 11) is 0. The maximum Gasteiger partial charge on any atom is 0.180 e. The molecule has 0 spiro atoms. The second-order valence-electron chi connectivity index (χ2n) is 0.897. The van der Waals surface area contributed by atoms with Crippen molar-refractivity contribution in [1.29, 1.82) is 0 Å². The number of nitrogens with zero attached hydrogens (tertiary/aromatic N) is 2. The summed E-state index contributed by atoms with van der Waals surface area (Å²) >= 11 is 1.09. The van der Waals surface area contributed by atoms with Crippen molar-refractivity contribution in [3.63, 3.8) is 0 Å². The van der Waals surface area contributed by atoms with Crippen molar-refractivity contribution in [2.24, 2.45) is 0 Å². The fourth-order valence-electron chi connectivity index (χ4n) is 0.234. The van der Waals surface area contributed by atoms with E-state index in [-0.39, 0.29) is 0 Å². The molecular weight excluding hydrogens is 112 g/mol. The summed E-state index contributed by atoms with van der Waals surface area (Å²) in [6.07, 6.45) is 2.03. The van der Waals surface area contributed by atoms with Crippen LogP contribution < -0.4 is 0 Å². The van der Waals surface area contributed by atoms with Crippen molar-refractivity contribution in [3.8, 4) is 0 Å². The molecule has 1 aromatic heterocycles. The Bertz CT molecular complexity index is 148. The molecule has 0 aliphatic carbocycles. The molecule has 36 valence electrons. The Hall–Kier alpha value is -0.770. The summed E-state index contributed by atoms with van der Waals surface area (Å²) in [4.78, 5) is 13.3.